The highest BCUT2D eigenvalue weighted by Gasteiger charge is 2.29. The average Bonchev–Trinajstić information content (AvgIpc) is 3.69. The van der Waals surface area contributed by atoms with Crippen LogP contribution in [0.1, 0.15) is 99.8 Å². The molecule has 0 saturated heterocycles. The van der Waals surface area contributed by atoms with E-state index in [4.69, 9.17) is 14.1 Å². The van der Waals surface area contributed by atoms with Crippen molar-refractivity contribution in [2.45, 2.75) is 99.3 Å². The first-order valence-corrected chi connectivity index (χ1v) is 23.4. The standard InChI is InChI=1S/C63H63N3O/c1-39-29-40(2)31-46(30-39)45-27-28-64-55(36-45)49-34-47(42-17-14-13-15-18-42)33-48(35-49)52-19-16-20-57-58(52)65-60(53-37-51(62(7,8)9)38-54(59(53)67)63(10,11)12)66(57)56-26-23-44(32-41(56)3)43-21-24-50(25-22-43)61(4,5)6/h13-38,67H,1-12H3/i3D3. The predicted octanol–water partition coefficient (Wildman–Crippen LogP) is 16.9. The van der Waals surface area contributed by atoms with E-state index in [1.54, 1.807) is 6.07 Å². The first-order valence-electron chi connectivity index (χ1n) is 24.9. The Bertz CT molecular complexity index is 3410. The van der Waals surface area contributed by atoms with Crippen LogP contribution in [-0.4, -0.2) is 19.6 Å². The van der Waals surface area contributed by atoms with Crippen LogP contribution in [0.4, 0.5) is 0 Å². The summed E-state index contributed by atoms with van der Waals surface area (Å²) >= 11 is 0. The highest BCUT2D eigenvalue weighted by atomic mass is 16.3. The van der Waals surface area contributed by atoms with E-state index in [1.807, 2.05) is 59.3 Å². The van der Waals surface area contributed by atoms with Crippen molar-refractivity contribution in [3.05, 3.63) is 191 Å². The monoisotopic (exact) mass is 881 g/mol. The van der Waals surface area contributed by atoms with Crippen molar-refractivity contribution in [2.75, 3.05) is 0 Å². The summed E-state index contributed by atoms with van der Waals surface area (Å²) in [7, 11) is 0. The van der Waals surface area contributed by atoms with Crippen molar-refractivity contribution in [1.82, 2.24) is 14.5 Å². The Labute approximate surface area is 402 Å². The quantitative estimate of drug-likeness (QED) is 0.173. The van der Waals surface area contributed by atoms with Crippen LogP contribution >= 0.6 is 0 Å². The number of aromatic nitrogens is 3. The molecular formula is C63H63N3O. The number of para-hydroxylation sites is 1. The maximum Gasteiger partial charge on any atom is 0.149 e. The summed E-state index contributed by atoms with van der Waals surface area (Å²) in [6.45, 7) is 21.1. The lowest BCUT2D eigenvalue weighted by Crippen LogP contribution is -2.17. The van der Waals surface area contributed by atoms with Gasteiger partial charge in [0, 0.05) is 27.0 Å². The second-order valence-corrected chi connectivity index (χ2v) is 21.4. The zero-order chi connectivity index (χ0) is 50.1. The Morgan fingerprint density at radius 3 is 1.79 bits per heavy atom. The van der Waals surface area contributed by atoms with Crippen molar-refractivity contribution in [3.8, 4) is 78.6 Å². The fourth-order valence-corrected chi connectivity index (χ4v) is 9.28. The number of pyridine rings is 1. The molecule has 0 bridgehead atoms. The molecule has 0 atom stereocenters. The Morgan fingerprint density at radius 1 is 0.493 bits per heavy atom. The van der Waals surface area contributed by atoms with Crippen LogP contribution in [0.2, 0.25) is 0 Å². The van der Waals surface area contributed by atoms with Gasteiger partial charge in [0.2, 0.25) is 0 Å². The molecule has 4 heteroatoms. The van der Waals surface area contributed by atoms with Gasteiger partial charge in [0.25, 0.3) is 0 Å². The van der Waals surface area contributed by atoms with E-state index in [0.717, 1.165) is 66.9 Å². The van der Waals surface area contributed by atoms with E-state index in [1.165, 1.54) is 16.7 Å². The lowest BCUT2D eigenvalue weighted by atomic mass is 9.79. The topological polar surface area (TPSA) is 50.9 Å². The fourth-order valence-electron chi connectivity index (χ4n) is 9.28. The second kappa shape index (κ2) is 17.0. The minimum absolute atomic E-state index is 0.0278. The normalized spacial score (nSPS) is 13.1. The maximum absolute atomic E-state index is 12.5. The van der Waals surface area contributed by atoms with Gasteiger partial charge in [0.15, 0.2) is 0 Å². The lowest BCUT2D eigenvalue weighted by molar-refractivity contribution is 0.446. The number of benzene rings is 7. The molecule has 2 heterocycles. The molecule has 0 amide bonds. The summed E-state index contributed by atoms with van der Waals surface area (Å²) in [5.74, 6) is 0.569. The van der Waals surface area contributed by atoms with E-state index in [2.05, 4.69) is 173 Å². The third kappa shape index (κ3) is 8.98. The van der Waals surface area contributed by atoms with Gasteiger partial charge in [0.05, 0.1) is 28.0 Å². The number of aromatic hydroxyl groups is 1. The van der Waals surface area contributed by atoms with Crippen LogP contribution in [0, 0.1) is 20.7 Å². The average molecular weight is 881 g/mol. The van der Waals surface area contributed by atoms with Crippen LogP contribution in [0.5, 0.6) is 5.75 Å². The zero-order valence-corrected chi connectivity index (χ0v) is 40.8. The molecule has 336 valence electrons. The molecule has 0 saturated carbocycles. The Balaban J connectivity index is 1.33. The van der Waals surface area contributed by atoms with Gasteiger partial charge in [0.1, 0.15) is 11.6 Å². The maximum atomic E-state index is 12.5. The summed E-state index contributed by atoms with van der Waals surface area (Å²) in [4.78, 5) is 10.5. The van der Waals surface area contributed by atoms with E-state index in [9.17, 15) is 5.11 Å². The first-order chi connectivity index (χ1) is 32.9. The van der Waals surface area contributed by atoms with Crippen LogP contribution < -0.4 is 0 Å². The number of hydrogen-bond acceptors (Lipinski definition) is 3. The molecule has 1 N–H and O–H groups in total. The number of nitrogens with zero attached hydrogens (tertiary/aromatic N) is 3. The molecule has 0 radical (unpaired) electrons. The zero-order valence-electron chi connectivity index (χ0n) is 43.8. The number of aryl methyl sites for hydroxylation is 3. The minimum atomic E-state index is -2.51. The van der Waals surface area contributed by atoms with E-state index in [-0.39, 0.29) is 22.1 Å². The molecule has 67 heavy (non-hydrogen) atoms. The van der Waals surface area contributed by atoms with E-state index >= 15 is 0 Å². The largest absolute Gasteiger partial charge is 0.507 e. The van der Waals surface area contributed by atoms with Gasteiger partial charge in [-0.05, 0) is 147 Å². The number of rotatable bonds is 7. The SMILES string of the molecule is [2H]C([2H])([2H])c1cc(-c2ccc(C(C)(C)C)cc2)ccc1-n1c(-c2cc(C(C)(C)C)cc(C(C)(C)C)c2O)nc2c(-c3cc(-c4ccccc4)cc(-c4cc(-c5cc(C)cc(C)c5)ccn4)c3)cccc21. The molecule has 0 unspecified atom stereocenters. The molecule has 4 nitrogen and oxygen atoms in total. The van der Waals surface area contributed by atoms with Crippen molar-refractivity contribution in [2.24, 2.45) is 0 Å². The minimum Gasteiger partial charge on any atom is -0.507 e. The Morgan fingerprint density at radius 2 is 1.12 bits per heavy atom. The second-order valence-electron chi connectivity index (χ2n) is 21.4. The Hall–Kier alpha value is -7.04. The number of hydrogen-bond donors (Lipinski definition) is 1. The van der Waals surface area contributed by atoms with E-state index in [0.29, 0.717) is 28.1 Å². The van der Waals surface area contributed by atoms with Gasteiger partial charge in [-0.15, -0.1) is 0 Å². The summed E-state index contributed by atoms with van der Waals surface area (Å²) in [5.41, 5.74) is 16.8. The summed E-state index contributed by atoms with van der Waals surface area (Å²) in [6.07, 6.45) is 1.88. The first kappa shape index (κ1) is 41.4. The van der Waals surface area contributed by atoms with Crippen LogP contribution in [-0.2, 0) is 16.2 Å². The Kier molecular flexibility index (Phi) is 10.5. The molecule has 0 spiro atoms. The molecule has 2 aromatic heterocycles. The third-order valence-corrected chi connectivity index (χ3v) is 13.0. The van der Waals surface area contributed by atoms with Crippen molar-refractivity contribution >= 4 is 11.0 Å². The smallest absolute Gasteiger partial charge is 0.149 e. The summed E-state index contributed by atoms with van der Waals surface area (Å²) in [5, 5.41) is 12.5. The number of phenolic OH excluding ortho intramolecular Hbond substituents is 1. The van der Waals surface area contributed by atoms with E-state index < -0.39 is 12.3 Å². The molecular weight excluding hydrogens is 815 g/mol. The summed E-state index contributed by atoms with van der Waals surface area (Å²) < 4.78 is 29.2. The van der Waals surface area contributed by atoms with Gasteiger partial charge in [-0.3, -0.25) is 9.55 Å². The number of imidazole rings is 1. The number of fused-ring (bicyclic) bond motifs is 1. The molecule has 0 aliphatic heterocycles. The highest BCUT2D eigenvalue weighted by molar-refractivity contribution is 5.98. The van der Waals surface area contributed by atoms with Gasteiger partial charge in [-0.25, -0.2) is 4.98 Å². The van der Waals surface area contributed by atoms with Gasteiger partial charge in [-0.2, -0.15) is 0 Å². The van der Waals surface area contributed by atoms with Crippen molar-refractivity contribution in [1.29, 1.82) is 0 Å². The van der Waals surface area contributed by atoms with Crippen molar-refractivity contribution in [3.63, 3.8) is 0 Å². The van der Waals surface area contributed by atoms with Crippen molar-refractivity contribution < 1.29 is 9.22 Å². The van der Waals surface area contributed by atoms with Gasteiger partial charge < -0.3 is 5.11 Å². The van der Waals surface area contributed by atoms with Gasteiger partial charge >= 0.3 is 0 Å². The number of phenols is 1. The molecule has 0 aliphatic rings. The van der Waals surface area contributed by atoms with Crippen LogP contribution in [0.15, 0.2) is 158 Å². The lowest BCUT2D eigenvalue weighted by Gasteiger charge is -2.27. The van der Waals surface area contributed by atoms with Crippen LogP contribution in [0.25, 0.3) is 83.9 Å². The molecule has 9 rings (SSSR count). The third-order valence-electron chi connectivity index (χ3n) is 13.0. The highest BCUT2D eigenvalue weighted by Crippen LogP contribution is 2.45. The fraction of sp³-hybridized carbons (Fsp3) is 0.238. The molecule has 0 fully saturated rings. The predicted molar refractivity (Wildman–Crippen MR) is 283 cm³/mol. The van der Waals surface area contributed by atoms with Crippen LogP contribution in [0.3, 0.4) is 0 Å². The summed E-state index contributed by atoms with van der Waals surface area (Å²) in [6, 6.07) is 52.1. The van der Waals surface area contributed by atoms with Gasteiger partial charge in [-0.1, -0.05) is 171 Å². The molecule has 7 aromatic carbocycles. The molecule has 0 aliphatic carbocycles. The molecule has 9 aromatic rings.